The predicted octanol–water partition coefficient (Wildman–Crippen LogP) is 1.85. The van der Waals surface area contributed by atoms with Crippen LogP contribution in [-0.4, -0.2) is 53.1 Å². The number of halogens is 2. The Balaban J connectivity index is 2.95. The van der Waals surface area contributed by atoms with Crippen molar-refractivity contribution in [1.82, 2.24) is 4.90 Å². The van der Waals surface area contributed by atoms with Gasteiger partial charge < -0.3 is 15.1 Å². The van der Waals surface area contributed by atoms with Gasteiger partial charge in [0.25, 0.3) is 12.3 Å². The molecule has 1 heterocycles. The van der Waals surface area contributed by atoms with Gasteiger partial charge in [0.1, 0.15) is 0 Å². The summed E-state index contributed by atoms with van der Waals surface area (Å²) < 4.78 is 24.9. The predicted molar refractivity (Wildman–Crippen MR) is 74.7 cm³/mol. The molecular formula is C13H15F2NO4S. The zero-order valence-electron chi connectivity index (χ0n) is 11.3. The molecular weight excluding hydrogens is 304 g/mol. The first-order chi connectivity index (χ1) is 9.85. The first-order valence-electron chi connectivity index (χ1n) is 6.05. The van der Waals surface area contributed by atoms with Crippen LogP contribution in [0, 0.1) is 6.92 Å². The molecule has 1 aromatic rings. The number of hydrogen-bond donors (Lipinski definition) is 2. The molecule has 21 heavy (non-hydrogen) atoms. The average Bonchev–Trinajstić information content (AvgIpc) is 2.76. The van der Waals surface area contributed by atoms with Crippen LogP contribution in [0.1, 0.15) is 20.1 Å². The third kappa shape index (κ3) is 5.24. The van der Waals surface area contributed by atoms with Crippen LogP contribution in [0.2, 0.25) is 0 Å². The van der Waals surface area contributed by atoms with E-state index in [0.717, 1.165) is 22.3 Å². The van der Waals surface area contributed by atoms with Crippen LogP contribution >= 0.6 is 11.3 Å². The highest BCUT2D eigenvalue weighted by molar-refractivity contribution is 7.15. The number of aryl methyl sites for hydroxylation is 1. The van der Waals surface area contributed by atoms with E-state index in [1.54, 1.807) is 6.92 Å². The fourth-order valence-electron chi connectivity index (χ4n) is 1.63. The van der Waals surface area contributed by atoms with Gasteiger partial charge >= 0.3 is 5.97 Å². The molecule has 0 aromatic carbocycles. The van der Waals surface area contributed by atoms with Crippen molar-refractivity contribution in [2.24, 2.45) is 0 Å². The van der Waals surface area contributed by atoms with Crippen LogP contribution in [0.4, 0.5) is 8.78 Å². The second-order valence-corrected chi connectivity index (χ2v) is 5.28. The molecule has 5 nitrogen and oxygen atoms in total. The monoisotopic (exact) mass is 319 g/mol. The maximum Gasteiger partial charge on any atom is 0.328 e. The number of carbonyl (C=O) groups excluding carboxylic acids is 1. The van der Waals surface area contributed by atoms with Crippen LogP contribution in [0.3, 0.4) is 0 Å². The van der Waals surface area contributed by atoms with E-state index in [1.165, 1.54) is 12.1 Å². The van der Waals surface area contributed by atoms with Crippen molar-refractivity contribution in [2.45, 2.75) is 13.3 Å². The van der Waals surface area contributed by atoms with Crippen molar-refractivity contribution in [2.75, 3.05) is 19.7 Å². The van der Waals surface area contributed by atoms with Crippen LogP contribution in [0.15, 0.2) is 12.1 Å². The largest absolute Gasteiger partial charge is 0.478 e. The van der Waals surface area contributed by atoms with Gasteiger partial charge in [-0.15, -0.1) is 11.3 Å². The molecule has 116 valence electrons. The van der Waals surface area contributed by atoms with Crippen LogP contribution < -0.4 is 0 Å². The molecule has 1 amide bonds. The summed E-state index contributed by atoms with van der Waals surface area (Å²) in [5.41, 5.74) is 0.682. The average molecular weight is 319 g/mol. The van der Waals surface area contributed by atoms with E-state index < -0.39 is 31.5 Å². The Morgan fingerprint density at radius 2 is 2.14 bits per heavy atom. The van der Waals surface area contributed by atoms with Gasteiger partial charge in [0.05, 0.1) is 18.0 Å². The molecule has 0 radical (unpaired) electrons. The molecule has 1 rings (SSSR count). The number of hydrogen-bond acceptors (Lipinski definition) is 4. The fraction of sp³-hybridized carbons (Fsp3) is 0.385. The van der Waals surface area contributed by atoms with E-state index in [0.29, 0.717) is 10.4 Å². The molecule has 0 aliphatic carbocycles. The molecule has 2 N–H and O–H groups in total. The Kier molecular flexibility index (Phi) is 6.44. The molecule has 0 atom stereocenters. The van der Waals surface area contributed by atoms with Crippen molar-refractivity contribution in [1.29, 1.82) is 0 Å². The summed E-state index contributed by atoms with van der Waals surface area (Å²) in [6.07, 6.45) is -0.395. The van der Waals surface area contributed by atoms with E-state index >= 15 is 0 Å². The molecule has 8 heteroatoms. The molecule has 0 aliphatic rings. The summed E-state index contributed by atoms with van der Waals surface area (Å²) in [5, 5.41) is 17.4. The number of rotatable bonds is 7. The lowest BCUT2D eigenvalue weighted by atomic mass is 10.2. The molecule has 0 aliphatic heterocycles. The van der Waals surface area contributed by atoms with Crippen LogP contribution in [-0.2, 0) is 4.79 Å². The van der Waals surface area contributed by atoms with Gasteiger partial charge in [-0.1, -0.05) is 0 Å². The molecule has 0 fully saturated rings. The van der Waals surface area contributed by atoms with Crippen LogP contribution in [0.5, 0.6) is 0 Å². The van der Waals surface area contributed by atoms with E-state index in [2.05, 4.69) is 0 Å². The Bertz CT molecular complexity index is 542. The summed E-state index contributed by atoms with van der Waals surface area (Å²) >= 11 is 1.02. The quantitative estimate of drug-likeness (QED) is 0.752. The van der Waals surface area contributed by atoms with E-state index in [-0.39, 0.29) is 11.4 Å². The zero-order valence-corrected chi connectivity index (χ0v) is 12.1. The minimum absolute atomic E-state index is 0.180. The van der Waals surface area contributed by atoms with Crippen molar-refractivity contribution in [3.05, 3.63) is 27.5 Å². The normalized spacial score (nSPS) is 11.3. The highest BCUT2D eigenvalue weighted by Gasteiger charge is 2.21. The number of alkyl halides is 2. The van der Waals surface area contributed by atoms with Crippen molar-refractivity contribution >= 4 is 29.3 Å². The number of amides is 1. The van der Waals surface area contributed by atoms with Gasteiger partial charge in [-0.2, -0.15) is 0 Å². The van der Waals surface area contributed by atoms with Gasteiger partial charge in [-0.3, -0.25) is 4.79 Å². The maximum absolute atomic E-state index is 12.4. The van der Waals surface area contributed by atoms with Crippen molar-refractivity contribution in [3.8, 4) is 0 Å². The molecule has 0 unspecified atom stereocenters. The smallest absolute Gasteiger partial charge is 0.328 e. The van der Waals surface area contributed by atoms with Crippen molar-refractivity contribution in [3.63, 3.8) is 0 Å². The standard InChI is InChI=1S/C13H15F2NO4S/c1-8-6-10(21-9(8)2-3-12(18)19)13(20)16(4-5-17)7-11(14)15/h2-3,6,11,17H,4-5,7H2,1H3,(H,18,19)/b3-2+. The van der Waals surface area contributed by atoms with Crippen LogP contribution in [0.25, 0.3) is 6.08 Å². The summed E-state index contributed by atoms with van der Waals surface area (Å²) in [6, 6.07) is 1.52. The molecule has 0 bridgehead atoms. The first kappa shape index (κ1) is 17.3. The van der Waals surface area contributed by atoms with E-state index in [9.17, 15) is 18.4 Å². The summed E-state index contributed by atoms with van der Waals surface area (Å²) in [4.78, 5) is 24.3. The van der Waals surface area contributed by atoms with Gasteiger partial charge in [0, 0.05) is 17.5 Å². The summed E-state index contributed by atoms with van der Waals surface area (Å²) in [5.74, 6) is -1.72. The van der Waals surface area contributed by atoms with E-state index in [1.807, 2.05) is 0 Å². The first-order valence-corrected chi connectivity index (χ1v) is 6.86. The number of nitrogens with zero attached hydrogens (tertiary/aromatic N) is 1. The Labute approximate surface area is 124 Å². The number of thiophene rings is 1. The number of aliphatic hydroxyl groups is 1. The minimum atomic E-state index is -2.69. The topological polar surface area (TPSA) is 77.8 Å². The summed E-state index contributed by atoms with van der Waals surface area (Å²) in [6.45, 7) is 0.351. The fourth-order valence-corrected chi connectivity index (χ4v) is 2.68. The molecule has 0 saturated heterocycles. The number of carboxylic acids is 1. The number of aliphatic carboxylic acids is 1. The lowest BCUT2D eigenvalue weighted by molar-refractivity contribution is -0.131. The second-order valence-electron chi connectivity index (χ2n) is 4.20. The Morgan fingerprint density at radius 3 is 2.67 bits per heavy atom. The summed E-state index contributed by atoms with van der Waals surface area (Å²) in [7, 11) is 0. The van der Waals surface area contributed by atoms with Gasteiger partial charge in [0.2, 0.25) is 0 Å². The molecule has 0 spiro atoms. The number of carboxylic acid groups (broad SMARTS) is 1. The van der Waals surface area contributed by atoms with Gasteiger partial charge in [-0.25, -0.2) is 13.6 Å². The number of aliphatic hydroxyl groups excluding tert-OH is 1. The minimum Gasteiger partial charge on any atom is -0.478 e. The lowest BCUT2D eigenvalue weighted by Crippen LogP contribution is -2.36. The SMILES string of the molecule is Cc1cc(C(=O)N(CCO)CC(F)F)sc1/C=C/C(=O)O. The maximum atomic E-state index is 12.4. The highest BCUT2D eigenvalue weighted by atomic mass is 32.1. The Morgan fingerprint density at radius 1 is 1.48 bits per heavy atom. The number of carbonyl (C=O) groups is 2. The van der Waals surface area contributed by atoms with Gasteiger partial charge in [-0.05, 0) is 24.6 Å². The zero-order chi connectivity index (χ0) is 16.0. The third-order valence-electron chi connectivity index (χ3n) is 2.56. The molecule has 1 aromatic heterocycles. The van der Waals surface area contributed by atoms with Crippen molar-refractivity contribution < 1.29 is 28.6 Å². The Hall–Kier alpha value is -1.80. The van der Waals surface area contributed by atoms with E-state index in [4.69, 9.17) is 10.2 Å². The second kappa shape index (κ2) is 7.84. The third-order valence-corrected chi connectivity index (χ3v) is 3.75. The highest BCUT2D eigenvalue weighted by Crippen LogP contribution is 2.24. The van der Waals surface area contributed by atoms with Gasteiger partial charge in [0.15, 0.2) is 0 Å². The molecule has 0 saturated carbocycles. The lowest BCUT2D eigenvalue weighted by Gasteiger charge is -2.20.